The zero-order valence-electron chi connectivity index (χ0n) is 23.8. The topological polar surface area (TPSA) is 110 Å². The van der Waals surface area contributed by atoms with Crippen molar-refractivity contribution in [1.82, 2.24) is 10.3 Å². The van der Waals surface area contributed by atoms with Crippen molar-refractivity contribution in [3.63, 3.8) is 0 Å². The minimum Gasteiger partial charge on any atom is -0.487 e. The highest BCUT2D eigenvalue weighted by Gasteiger charge is 2.19. The summed E-state index contributed by atoms with van der Waals surface area (Å²) in [5.41, 5.74) is 3.81. The molecule has 1 aromatic heterocycles. The number of aromatic nitrogens is 1. The van der Waals surface area contributed by atoms with E-state index in [0.717, 1.165) is 22.2 Å². The predicted molar refractivity (Wildman–Crippen MR) is 170 cm³/mol. The molecule has 0 saturated heterocycles. The third-order valence-electron chi connectivity index (χ3n) is 6.37. The van der Waals surface area contributed by atoms with E-state index in [4.69, 9.17) is 32.7 Å². The SMILES string of the molecule is CCOC(=O)Nc1ccc(/C=C/C(=O)NCC(=O)N(C)c2ccc(Cl)c(COc3cccc4ccc(C)nc34)c2Cl)cc1. The number of para-hydroxylation sites is 1. The molecule has 3 aromatic carbocycles. The van der Waals surface area contributed by atoms with Gasteiger partial charge in [0.1, 0.15) is 17.9 Å². The van der Waals surface area contributed by atoms with Crippen LogP contribution >= 0.6 is 23.2 Å². The summed E-state index contributed by atoms with van der Waals surface area (Å²) in [6.07, 6.45) is 2.36. The minimum atomic E-state index is -0.544. The Morgan fingerprint density at radius 2 is 1.77 bits per heavy atom. The number of halogens is 2. The molecule has 4 aromatic rings. The van der Waals surface area contributed by atoms with Gasteiger partial charge in [-0.25, -0.2) is 9.78 Å². The van der Waals surface area contributed by atoms with Crippen LogP contribution in [0.5, 0.6) is 5.75 Å². The first-order chi connectivity index (χ1) is 20.7. The van der Waals surface area contributed by atoms with Crippen LogP contribution in [0.2, 0.25) is 10.0 Å². The van der Waals surface area contributed by atoms with Gasteiger partial charge in [-0.3, -0.25) is 14.9 Å². The molecule has 0 spiro atoms. The average Bonchev–Trinajstić information content (AvgIpc) is 2.99. The third-order valence-corrected chi connectivity index (χ3v) is 7.14. The van der Waals surface area contributed by atoms with Crippen LogP contribution in [-0.4, -0.2) is 43.1 Å². The largest absolute Gasteiger partial charge is 0.487 e. The van der Waals surface area contributed by atoms with Crippen molar-refractivity contribution in [2.24, 2.45) is 0 Å². The fourth-order valence-corrected chi connectivity index (χ4v) is 4.68. The molecule has 0 aliphatic heterocycles. The number of hydrogen-bond donors (Lipinski definition) is 2. The molecule has 0 atom stereocenters. The van der Waals surface area contributed by atoms with Gasteiger partial charge in [-0.1, -0.05) is 53.5 Å². The molecule has 11 heteroatoms. The highest BCUT2D eigenvalue weighted by Crippen LogP contribution is 2.35. The average molecular weight is 622 g/mol. The second kappa shape index (κ2) is 14.5. The first-order valence-electron chi connectivity index (χ1n) is 13.4. The number of nitrogens with one attached hydrogen (secondary N) is 2. The molecule has 4 rings (SSSR count). The number of hydrogen-bond acceptors (Lipinski definition) is 6. The Labute approximate surface area is 259 Å². The van der Waals surface area contributed by atoms with Crippen LogP contribution in [0.15, 0.2) is 72.8 Å². The number of carbonyl (C=O) groups excluding carboxylic acids is 3. The lowest BCUT2D eigenvalue weighted by molar-refractivity contribution is -0.122. The molecular weight excluding hydrogens is 591 g/mol. The minimum absolute atomic E-state index is 0.0592. The molecule has 1 heterocycles. The van der Waals surface area contributed by atoms with Gasteiger partial charge in [-0.05, 0) is 61.9 Å². The Kier molecular flexibility index (Phi) is 10.6. The maximum Gasteiger partial charge on any atom is 0.411 e. The second-order valence-corrected chi connectivity index (χ2v) is 10.2. The van der Waals surface area contributed by atoms with Gasteiger partial charge in [0.15, 0.2) is 0 Å². The number of aryl methyl sites for hydroxylation is 1. The lowest BCUT2D eigenvalue weighted by atomic mass is 10.1. The highest BCUT2D eigenvalue weighted by atomic mass is 35.5. The smallest absolute Gasteiger partial charge is 0.411 e. The van der Waals surface area contributed by atoms with Crippen LogP contribution < -0.4 is 20.3 Å². The van der Waals surface area contributed by atoms with Crippen molar-refractivity contribution in [3.05, 3.63) is 99.7 Å². The Morgan fingerprint density at radius 1 is 1.00 bits per heavy atom. The van der Waals surface area contributed by atoms with E-state index in [2.05, 4.69) is 15.6 Å². The van der Waals surface area contributed by atoms with Crippen LogP contribution in [-0.2, 0) is 20.9 Å². The van der Waals surface area contributed by atoms with Crippen molar-refractivity contribution >= 4 is 69.5 Å². The fraction of sp³-hybridized carbons (Fsp3) is 0.188. The van der Waals surface area contributed by atoms with Crippen LogP contribution in [0.1, 0.15) is 23.7 Å². The number of likely N-dealkylation sites (N-methyl/N-ethyl adjacent to an activating group) is 1. The lowest BCUT2D eigenvalue weighted by Crippen LogP contribution is -2.37. The zero-order chi connectivity index (χ0) is 30.9. The van der Waals surface area contributed by atoms with Gasteiger partial charge >= 0.3 is 6.09 Å². The van der Waals surface area contributed by atoms with E-state index in [1.165, 1.54) is 11.0 Å². The number of carbonyl (C=O) groups is 3. The summed E-state index contributed by atoms with van der Waals surface area (Å²) in [4.78, 5) is 42.7. The third kappa shape index (κ3) is 8.24. The molecule has 0 aliphatic carbocycles. The van der Waals surface area contributed by atoms with E-state index in [9.17, 15) is 14.4 Å². The molecule has 3 amide bonds. The maximum absolute atomic E-state index is 12.9. The molecule has 222 valence electrons. The summed E-state index contributed by atoms with van der Waals surface area (Å²) < 4.78 is 10.9. The molecule has 0 aliphatic rings. The van der Waals surface area contributed by atoms with E-state index in [-0.39, 0.29) is 30.7 Å². The first kappa shape index (κ1) is 31.3. The molecule has 0 saturated carbocycles. The van der Waals surface area contributed by atoms with Crippen molar-refractivity contribution < 1.29 is 23.9 Å². The van der Waals surface area contributed by atoms with Gasteiger partial charge in [0.25, 0.3) is 0 Å². The predicted octanol–water partition coefficient (Wildman–Crippen LogP) is 6.79. The number of pyridine rings is 1. The van der Waals surface area contributed by atoms with E-state index in [1.54, 1.807) is 56.4 Å². The summed E-state index contributed by atoms with van der Waals surface area (Å²) in [6, 6.07) is 19.7. The summed E-state index contributed by atoms with van der Waals surface area (Å²) in [6.45, 7) is 3.70. The van der Waals surface area contributed by atoms with E-state index >= 15 is 0 Å². The van der Waals surface area contributed by atoms with E-state index in [1.807, 2.05) is 37.3 Å². The molecule has 0 radical (unpaired) electrons. The number of nitrogens with zero attached hydrogens (tertiary/aromatic N) is 2. The number of rotatable bonds is 10. The zero-order valence-corrected chi connectivity index (χ0v) is 25.3. The quantitative estimate of drug-likeness (QED) is 0.189. The van der Waals surface area contributed by atoms with Crippen LogP contribution in [0.3, 0.4) is 0 Å². The number of ether oxygens (including phenoxy) is 2. The van der Waals surface area contributed by atoms with E-state index < -0.39 is 12.0 Å². The van der Waals surface area contributed by atoms with Gasteiger partial charge in [-0.2, -0.15) is 0 Å². The fourth-order valence-electron chi connectivity index (χ4n) is 4.07. The van der Waals surface area contributed by atoms with Gasteiger partial charge < -0.3 is 19.7 Å². The standard InChI is InChI=1S/C32H30Cl2N4O5/c1-4-42-32(41)37-23-13-9-21(10-14-23)11-17-28(39)35-18-29(40)38(3)26-16-15-25(33)24(30(26)34)19-43-27-7-5-6-22-12-8-20(2)36-31(22)27/h5-17H,4,18-19H2,1-3H3,(H,35,39)(H,37,41)/b17-11+. The molecule has 0 bridgehead atoms. The molecule has 2 N–H and O–H groups in total. The van der Waals surface area contributed by atoms with Crippen molar-refractivity contribution in [3.8, 4) is 5.75 Å². The Hall–Kier alpha value is -4.60. The van der Waals surface area contributed by atoms with Crippen molar-refractivity contribution in [1.29, 1.82) is 0 Å². The van der Waals surface area contributed by atoms with Gasteiger partial charge in [0.2, 0.25) is 11.8 Å². The summed E-state index contributed by atoms with van der Waals surface area (Å²) >= 11 is 13.1. The molecule has 43 heavy (non-hydrogen) atoms. The Morgan fingerprint density at radius 3 is 2.51 bits per heavy atom. The van der Waals surface area contributed by atoms with Gasteiger partial charge in [-0.15, -0.1) is 0 Å². The number of amides is 3. The molecule has 0 fully saturated rings. The van der Waals surface area contributed by atoms with Crippen LogP contribution in [0.25, 0.3) is 17.0 Å². The van der Waals surface area contributed by atoms with Crippen LogP contribution in [0, 0.1) is 6.92 Å². The normalized spacial score (nSPS) is 10.9. The van der Waals surface area contributed by atoms with Crippen molar-refractivity contribution in [2.75, 3.05) is 30.4 Å². The summed E-state index contributed by atoms with van der Waals surface area (Å²) in [5.74, 6) is -0.255. The number of benzene rings is 3. The monoisotopic (exact) mass is 620 g/mol. The maximum atomic E-state index is 12.9. The molecule has 9 nitrogen and oxygen atoms in total. The van der Waals surface area contributed by atoms with Crippen molar-refractivity contribution in [2.45, 2.75) is 20.5 Å². The Bertz CT molecular complexity index is 1670. The number of fused-ring (bicyclic) bond motifs is 1. The van der Waals surface area contributed by atoms with Gasteiger partial charge in [0, 0.05) is 40.5 Å². The second-order valence-electron chi connectivity index (χ2n) is 9.40. The highest BCUT2D eigenvalue weighted by molar-refractivity contribution is 6.38. The molecule has 0 unspecified atom stereocenters. The Balaban J connectivity index is 1.35. The van der Waals surface area contributed by atoms with Crippen LogP contribution in [0.4, 0.5) is 16.2 Å². The lowest BCUT2D eigenvalue weighted by Gasteiger charge is -2.21. The van der Waals surface area contributed by atoms with Gasteiger partial charge in [0.05, 0.1) is 23.9 Å². The summed E-state index contributed by atoms with van der Waals surface area (Å²) in [7, 11) is 1.56. The molecular formula is C32H30Cl2N4O5. The summed E-state index contributed by atoms with van der Waals surface area (Å²) in [5, 5.41) is 6.77. The van der Waals surface area contributed by atoms with E-state index in [0.29, 0.717) is 27.7 Å². The first-order valence-corrected chi connectivity index (χ1v) is 14.1. The number of anilines is 2.